The maximum Gasteiger partial charge on any atom is 0.180 e. The number of hydrogen-bond donors (Lipinski definition) is 1. The third kappa shape index (κ3) is 3.94. The normalized spacial score (nSPS) is 19.3. The maximum absolute atomic E-state index is 12.2. The van der Waals surface area contributed by atoms with E-state index >= 15 is 0 Å². The Morgan fingerprint density at radius 3 is 2.58 bits per heavy atom. The van der Waals surface area contributed by atoms with Crippen molar-refractivity contribution < 1.29 is 13.5 Å². The molecule has 2 rings (SSSR count). The Bertz CT molecular complexity index is 521. The summed E-state index contributed by atoms with van der Waals surface area (Å²) in [6.45, 7) is 0. The molecule has 0 spiro atoms. The first-order chi connectivity index (χ1) is 8.99. The molecule has 19 heavy (non-hydrogen) atoms. The minimum Gasteiger partial charge on any atom is -0.392 e. The number of aliphatic hydroxyl groups excluding tert-OH is 1. The average Bonchev–Trinajstić information content (AvgIpc) is 2.39. The van der Waals surface area contributed by atoms with Crippen LogP contribution in [0.4, 0.5) is 0 Å². The van der Waals surface area contributed by atoms with Crippen molar-refractivity contribution in [3.8, 4) is 0 Å². The number of rotatable bonds is 4. The highest BCUT2D eigenvalue weighted by Crippen LogP contribution is 2.28. The van der Waals surface area contributed by atoms with Crippen LogP contribution < -0.4 is 0 Å². The lowest BCUT2D eigenvalue weighted by atomic mass is 9.86. The molecule has 1 aromatic rings. The number of hydrogen-bond acceptors (Lipinski definition) is 3. The molecule has 1 unspecified atom stereocenters. The van der Waals surface area contributed by atoms with Gasteiger partial charge in [-0.25, -0.2) is 8.42 Å². The molecule has 1 saturated carbocycles. The number of sulfone groups is 1. The van der Waals surface area contributed by atoms with Crippen LogP contribution in [0.25, 0.3) is 0 Å². The van der Waals surface area contributed by atoms with E-state index in [2.05, 4.69) is 0 Å². The fourth-order valence-corrected chi connectivity index (χ4v) is 4.40. The van der Waals surface area contributed by atoms with Crippen LogP contribution in [0.2, 0.25) is 5.02 Å². The molecule has 1 fully saturated rings. The second-order valence-electron chi connectivity index (χ2n) is 5.20. The number of benzene rings is 1. The Labute approximate surface area is 119 Å². The van der Waals surface area contributed by atoms with Crippen molar-refractivity contribution >= 4 is 21.4 Å². The zero-order valence-corrected chi connectivity index (χ0v) is 12.3. The van der Waals surface area contributed by atoms with E-state index in [1.165, 1.54) is 18.6 Å². The largest absolute Gasteiger partial charge is 0.392 e. The van der Waals surface area contributed by atoms with Gasteiger partial charge in [0.25, 0.3) is 0 Å². The van der Waals surface area contributed by atoms with E-state index in [4.69, 9.17) is 11.6 Å². The lowest BCUT2D eigenvalue weighted by Crippen LogP contribution is -2.30. The van der Waals surface area contributed by atoms with Gasteiger partial charge in [-0.3, -0.25) is 0 Å². The van der Waals surface area contributed by atoms with E-state index in [0.717, 1.165) is 25.7 Å². The van der Waals surface area contributed by atoms with Crippen LogP contribution in [-0.2, 0) is 9.84 Å². The van der Waals surface area contributed by atoms with Gasteiger partial charge in [0, 0.05) is 5.02 Å². The van der Waals surface area contributed by atoms with Crippen LogP contribution in [0.1, 0.15) is 32.1 Å². The van der Waals surface area contributed by atoms with E-state index < -0.39 is 15.9 Å². The van der Waals surface area contributed by atoms with E-state index in [1.807, 2.05) is 0 Å². The van der Waals surface area contributed by atoms with Gasteiger partial charge in [0.1, 0.15) is 0 Å². The Morgan fingerprint density at radius 2 is 1.95 bits per heavy atom. The molecule has 0 aromatic heterocycles. The molecule has 0 heterocycles. The zero-order valence-electron chi connectivity index (χ0n) is 10.8. The van der Waals surface area contributed by atoms with Crippen molar-refractivity contribution in [1.82, 2.24) is 0 Å². The van der Waals surface area contributed by atoms with Crippen molar-refractivity contribution in [1.29, 1.82) is 0 Å². The van der Waals surface area contributed by atoms with Gasteiger partial charge in [-0.05, 0) is 37.0 Å². The van der Waals surface area contributed by atoms with Crippen LogP contribution in [0.3, 0.4) is 0 Å². The van der Waals surface area contributed by atoms with Crippen LogP contribution in [0, 0.1) is 5.92 Å². The van der Waals surface area contributed by atoms with E-state index in [-0.39, 0.29) is 16.6 Å². The predicted molar refractivity (Wildman–Crippen MR) is 76.1 cm³/mol. The average molecular weight is 303 g/mol. The minimum atomic E-state index is -3.47. The first kappa shape index (κ1) is 14.8. The summed E-state index contributed by atoms with van der Waals surface area (Å²) in [7, 11) is -3.47. The van der Waals surface area contributed by atoms with Crippen molar-refractivity contribution in [2.24, 2.45) is 5.92 Å². The van der Waals surface area contributed by atoms with E-state index in [0.29, 0.717) is 5.02 Å². The molecule has 0 bridgehead atoms. The maximum atomic E-state index is 12.2. The summed E-state index contributed by atoms with van der Waals surface area (Å²) in [4.78, 5) is 0.190. The van der Waals surface area contributed by atoms with Gasteiger partial charge in [0.15, 0.2) is 9.84 Å². The minimum absolute atomic E-state index is 0.114. The molecule has 1 aromatic carbocycles. The molecular formula is C14H19ClO3S. The zero-order chi connectivity index (χ0) is 13.9. The van der Waals surface area contributed by atoms with Crippen molar-refractivity contribution in [3.05, 3.63) is 29.3 Å². The molecular weight excluding hydrogens is 284 g/mol. The smallest absolute Gasteiger partial charge is 0.180 e. The second kappa shape index (κ2) is 6.25. The first-order valence-electron chi connectivity index (χ1n) is 6.65. The highest BCUT2D eigenvalue weighted by atomic mass is 35.5. The van der Waals surface area contributed by atoms with Crippen molar-refractivity contribution in [2.45, 2.75) is 43.1 Å². The highest BCUT2D eigenvalue weighted by Gasteiger charge is 2.27. The van der Waals surface area contributed by atoms with Crippen LogP contribution in [0.15, 0.2) is 29.2 Å². The van der Waals surface area contributed by atoms with Gasteiger partial charge in [-0.2, -0.15) is 0 Å². The Hall–Kier alpha value is -0.580. The van der Waals surface area contributed by atoms with Crippen molar-refractivity contribution in [2.75, 3.05) is 5.75 Å². The fraction of sp³-hybridized carbons (Fsp3) is 0.571. The SMILES string of the molecule is O=S(=O)(CC(O)C1CCCCC1)c1cccc(Cl)c1. The standard InChI is InChI=1S/C14H19ClO3S/c15-12-7-4-8-13(9-12)19(17,18)10-14(16)11-5-2-1-3-6-11/h4,7-9,11,14,16H,1-3,5-6,10H2. The molecule has 0 radical (unpaired) electrons. The molecule has 3 nitrogen and oxygen atoms in total. The van der Waals surface area contributed by atoms with Gasteiger partial charge >= 0.3 is 0 Å². The lowest BCUT2D eigenvalue weighted by molar-refractivity contribution is 0.103. The Balaban J connectivity index is 2.08. The van der Waals surface area contributed by atoms with Crippen LogP contribution in [-0.4, -0.2) is 25.4 Å². The van der Waals surface area contributed by atoms with Gasteiger partial charge in [0.2, 0.25) is 0 Å². The van der Waals surface area contributed by atoms with Gasteiger partial charge in [0.05, 0.1) is 16.8 Å². The molecule has 0 saturated heterocycles. The van der Waals surface area contributed by atoms with Crippen LogP contribution in [0.5, 0.6) is 0 Å². The molecule has 106 valence electrons. The monoisotopic (exact) mass is 302 g/mol. The Morgan fingerprint density at radius 1 is 1.26 bits per heavy atom. The third-order valence-corrected chi connectivity index (χ3v) is 5.73. The number of aliphatic hydroxyl groups is 1. The Kier molecular flexibility index (Phi) is 4.87. The van der Waals surface area contributed by atoms with E-state index in [9.17, 15) is 13.5 Å². The quantitative estimate of drug-likeness (QED) is 0.930. The summed E-state index contributed by atoms with van der Waals surface area (Å²) in [6.07, 6.45) is 4.42. The molecule has 1 aliphatic rings. The van der Waals surface area contributed by atoms with Gasteiger partial charge < -0.3 is 5.11 Å². The van der Waals surface area contributed by atoms with Crippen LogP contribution >= 0.6 is 11.6 Å². The summed E-state index contributed by atoms with van der Waals surface area (Å²) < 4.78 is 24.4. The summed E-state index contributed by atoms with van der Waals surface area (Å²) in [6, 6.07) is 6.21. The third-order valence-electron chi connectivity index (χ3n) is 3.74. The second-order valence-corrected chi connectivity index (χ2v) is 7.67. The summed E-state index contributed by atoms with van der Waals surface area (Å²) in [5, 5.41) is 10.5. The lowest BCUT2D eigenvalue weighted by Gasteiger charge is -2.26. The summed E-state index contributed by atoms with van der Waals surface area (Å²) >= 11 is 5.81. The molecule has 5 heteroatoms. The predicted octanol–water partition coefficient (Wildman–Crippen LogP) is 3.05. The highest BCUT2D eigenvalue weighted by molar-refractivity contribution is 7.91. The topological polar surface area (TPSA) is 54.4 Å². The van der Waals surface area contributed by atoms with Gasteiger partial charge in [-0.1, -0.05) is 36.9 Å². The molecule has 1 aliphatic carbocycles. The van der Waals surface area contributed by atoms with Crippen molar-refractivity contribution in [3.63, 3.8) is 0 Å². The molecule has 0 amide bonds. The number of halogens is 1. The summed E-state index contributed by atoms with van der Waals surface area (Å²) in [5.41, 5.74) is 0. The first-order valence-corrected chi connectivity index (χ1v) is 8.68. The fourth-order valence-electron chi connectivity index (χ4n) is 2.64. The molecule has 0 aliphatic heterocycles. The van der Waals surface area contributed by atoms with Gasteiger partial charge in [-0.15, -0.1) is 0 Å². The summed E-state index contributed by atoms with van der Waals surface area (Å²) in [5.74, 6) is -0.0967. The molecule has 1 N–H and O–H groups in total. The molecule has 1 atom stereocenters. The van der Waals surface area contributed by atoms with E-state index in [1.54, 1.807) is 12.1 Å².